The van der Waals surface area contributed by atoms with Crippen LogP contribution in [0, 0.1) is 5.92 Å². The fourth-order valence-electron chi connectivity index (χ4n) is 6.33. The molecule has 9 heteroatoms. The molecule has 1 saturated heterocycles. The number of rotatable bonds is 11. The Kier molecular flexibility index (Phi) is 10.7. The first-order valence-electron chi connectivity index (χ1n) is 17.0. The molecule has 7 rings (SSSR count). The van der Waals surface area contributed by atoms with Crippen molar-refractivity contribution in [3.8, 4) is 16.9 Å². The molecule has 6 aromatic rings. The largest absolute Gasteiger partial charge is 0.496 e. The third-order valence-corrected chi connectivity index (χ3v) is 10.4. The molecule has 1 aliphatic rings. The summed E-state index contributed by atoms with van der Waals surface area (Å²) in [7, 11) is 1.69. The first kappa shape index (κ1) is 34.4. The van der Waals surface area contributed by atoms with Gasteiger partial charge in [0.25, 0.3) is 5.91 Å². The van der Waals surface area contributed by atoms with Gasteiger partial charge in [-0.1, -0.05) is 104 Å². The third kappa shape index (κ3) is 7.82. The Morgan fingerprint density at radius 2 is 1.55 bits per heavy atom. The minimum Gasteiger partial charge on any atom is -0.496 e. The first-order valence-corrected chi connectivity index (χ1v) is 17.9. The van der Waals surface area contributed by atoms with Crippen LogP contribution in [0.3, 0.4) is 0 Å². The Morgan fingerprint density at radius 1 is 0.843 bits per heavy atom. The second-order valence-electron chi connectivity index (χ2n) is 12.5. The number of hydrogen-bond donors (Lipinski definition) is 2. The lowest BCUT2D eigenvalue weighted by Gasteiger charge is -2.41. The molecule has 1 aliphatic heterocycles. The highest BCUT2D eigenvalue weighted by molar-refractivity contribution is 7.99. The lowest BCUT2D eigenvalue weighted by atomic mass is 9.91. The van der Waals surface area contributed by atoms with Crippen LogP contribution >= 0.6 is 11.8 Å². The molecule has 4 atom stereocenters. The lowest BCUT2D eigenvalue weighted by Crippen LogP contribution is -2.38. The first-order chi connectivity index (χ1) is 25.0. The minimum absolute atomic E-state index is 0.00769. The summed E-state index contributed by atoms with van der Waals surface area (Å²) in [4.78, 5) is 23.0. The van der Waals surface area contributed by atoms with Gasteiger partial charge in [-0.25, -0.2) is 4.98 Å². The van der Waals surface area contributed by atoms with E-state index in [1.165, 1.54) is 6.20 Å². The Morgan fingerprint density at radius 3 is 2.33 bits per heavy atom. The van der Waals surface area contributed by atoms with E-state index in [0.29, 0.717) is 17.8 Å². The molecule has 0 spiro atoms. The van der Waals surface area contributed by atoms with E-state index in [1.54, 1.807) is 18.9 Å². The maximum absolute atomic E-state index is 13.0. The van der Waals surface area contributed by atoms with Gasteiger partial charge in [-0.15, -0.1) is 11.8 Å². The number of thioether (sulfide) groups is 1. The smallest absolute Gasteiger partial charge is 0.271 e. The highest BCUT2D eigenvalue weighted by Gasteiger charge is 2.38. The van der Waals surface area contributed by atoms with Crippen molar-refractivity contribution in [2.45, 2.75) is 43.5 Å². The number of aliphatic hydroxyl groups is 1. The maximum Gasteiger partial charge on any atom is 0.271 e. The van der Waals surface area contributed by atoms with E-state index < -0.39 is 6.29 Å². The van der Waals surface area contributed by atoms with Crippen LogP contribution in [0.2, 0.25) is 0 Å². The Bertz CT molecular complexity index is 2110. The highest BCUT2D eigenvalue weighted by atomic mass is 32.2. The second-order valence-corrected chi connectivity index (χ2v) is 13.6. The maximum atomic E-state index is 13.0. The van der Waals surface area contributed by atoms with Crippen molar-refractivity contribution in [3.05, 3.63) is 155 Å². The molecule has 2 heterocycles. The molecule has 0 saturated carbocycles. The van der Waals surface area contributed by atoms with E-state index in [0.717, 1.165) is 49.5 Å². The van der Waals surface area contributed by atoms with E-state index in [4.69, 9.17) is 14.2 Å². The Hall–Kier alpha value is -5.06. The van der Waals surface area contributed by atoms with Crippen LogP contribution in [-0.2, 0) is 22.6 Å². The molecule has 1 amide bonds. The number of aliphatic hydroxyl groups excluding tert-OH is 1. The number of nitrogens with one attached hydrogen (secondary N) is 1. The van der Waals surface area contributed by atoms with Crippen LogP contribution < -0.4 is 10.1 Å². The van der Waals surface area contributed by atoms with E-state index in [1.807, 2.05) is 97.1 Å². The number of para-hydroxylation sites is 3. The van der Waals surface area contributed by atoms with Gasteiger partial charge in [0, 0.05) is 28.7 Å². The number of ether oxygens (including phenoxy) is 3. The second kappa shape index (κ2) is 15.9. The summed E-state index contributed by atoms with van der Waals surface area (Å²) in [5.41, 5.74) is 7.52. The molecular weight excluding hydrogens is 659 g/mol. The van der Waals surface area contributed by atoms with Crippen molar-refractivity contribution in [2.75, 3.05) is 12.9 Å². The molecule has 1 aromatic heterocycles. The van der Waals surface area contributed by atoms with Gasteiger partial charge in [0.15, 0.2) is 6.29 Å². The van der Waals surface area contributed by atoms with Crippen LogP contribution in [0.1, 0.15) is 52.1 Å². The minimum atomic E-state index is -0.585. The molecule has 0 bridgehead atoms. The number of nitrogens with zero attached hydrogens (tertiary/aromatic N) is 2. The van der Waals surface area contributed by atoms with Crippen molar-refractivity contribution in [2.24, 2.45) is 5.92 Å². The van der Waals surface area contributed by atoms with E-state index in [-0.39, 0.29) is 36.3 Å². The van der Waals surface area contributed by atoms with Crippen LogP contribution in [0.15, 0.2) is 132 Å². The van der Waals surface area contributed by atoms with Gasteiger partial charge in [-0.3, -0.25) is 9.78 Å². The SMILES string of the molecule is COc1ccccc1SC[C@@H]1O[C@H](c2ccc(-c3ccccc3CNC(=O)c3cnc4ccccc4n3)cc2)O[C@H](c2ccc(CO)cc2)[C@@H]1C. The zero-order chi connectivity index (χ0) is 35.2. The quantitative estimate of drug-likeness (QED) is 0.130. The average molecular weight is 698 g/mol. The number of carbonyl (C=O) groups excluding carboxylic acids is 1. The normalized spacial score (nSPS) is 18.7. The van der Waals surface area contributed by atoms with Crippen molar-refractivity contribution in [1.82, 2.24) is 15.3 Å². The van der Waals surface area contributed by atoms with Gasteiger partial charge in [0.05, 0.1) is 43.2 Å². The number of aromatic nitrogens is 2. The molecular formula is C42H39N3O5S. The molecule has 2 N–H and O–H groups in total. The molecule has 0 aliphatic carbocycles. The number of benzene rings is 5. The average Bonchev–Trinajstić information content (AvgIpc) is 3.19. The summed E-state index contributed by atoms with van der Waals surface area (Å²) in [6, 6.07) is 39.7. The van der Waals surface area contributed by atoms with Gasteiger partial charge in [-0.05, 0) is 52.1 Å². The fraction of sp³-hybridized carbons (Fsp3) is 0.214. The lowest BCUT2D eigenvalue weighted by molar-refractivity contribution is -0.268. The number of hydrogen-bond acceptors (Lipinski definition) is 8. The summed E-state index contributed by atoms with van der Waals surface area (Å²) >= 11 is 1.71. The monoisotopic (exact) mass is 697 g/mol. The molecule has 5 aromatic carbocycles. The van der Waals surface area contributed by atoms with Gasteiger partial charge in [0.2, 0.25) is 0 Å². The predicted molar refractivity (Wildman–Crippen MR) is 199 cm³/mol. The number of carbonyl (C=O) groups is 1. The molecule has 0 radical (unpaired) electrons. The molecule has 8 nitrogen and oxygen atoms in total. The van der Waals surface area contributed by atoms with Gasteiger partial charge < -0.3 is 24.6 Å². The van der Waals surface area contributed by atoms with Crippen LogP contribution in [0.25, 0.3) is 22.2 Å². The predicted octanol–water partition coefficient (Wildman–Crippen LogP) is 8.31. The molecule has 258 valence electrons. The molecule has 1 fully saturated rings. The van der Waals surface area contributed by atoms with Crippen molar-refractivity contribution in [1.29, 1.82) is 0 Å². The fourth-order valence-corrected chi connectivity index (χ4v) is 7.52. The van der Waals surface area contributed by atoms with Crippen LogP contribution in [-0.4, -0.2) is 39.9 Å². The summed E-state index contributed by atoms with van der Waals surface area (Å²) in [6.45, 7) is 2.49. The Balaban J connectivity index is 1.09. The van der Waals surface area contributed by atoms with Crippen LogP contribution in [0.4, 0.5) is 0 Å². The zero-order valence-corrected chi connectivity index (χ0v) is 29.3. The molecule has 51 heavy (non-hydrogen) atoms. The third-order valence-electron chi connectivity index (χ3n) is 9.23. The topological polar surface area (TPSA) is 103 Å². The number of methoxy groups -OCH3 is 1. The summed E-state index contributed by atoms with van der Waals surface area (Å²) in [6.07, 6.45) is 0.599. The van der Waals surface area contributed by atoms with Gasteiger partial charge in [0.1, 0.15) is 11.4 Å². The van der Waals surface area contributed by atoms with Crippen molar-refractivity contribution >= 4 is 28.7 Å². The van der Waals surface area contributed by atoms with Crippen molar-refractivity contribution < 1.29 is 24.1 Å². The number of amides is 1. The van der Waals surface area contributed by atoms with Gasteiger partial charge >= 0.3 is 0 Å². The molecule has 0 unspecified atom stereocenters. The zero-order valence-electron chi connectivity index (χ0n) is 28.4. The summed E-state index contributed by atoms with van der Waals surface area (Å²) < 4.78 is 19.0. The van der Waals surface area contributed by atoms with Gasteiger partial charge in [-0.2, -0.15) is 0 Å². The standard InChI is InChI=1S/C42H39N3O5S/c1-27-38(26-51-39-14-8-7-13-37(39)48-2)49-42(50-40(27)30-17-15-28(25-46)16-18-30)31-21-19-29(20-22-31)33-10-4-3-9-32(33)23-44-41(47)36-24-43-34-11-5-6-12-35(34)45-36/h3-22,24,27,38,40,42,46H,23,25-26H2,1-2H3,(H,44,47)/t27-,38+,40+,42+/m1/s1. The summed E-state index contributed by atoms with van der Waals surface area (Å²) in [5.74, 6) is 1.34. The van der Waals surface area contributed by atoms with E-state index in [2.05, 4.69) is 46.5 Å². The number of fused-ring (bicyclic) bond motifs is 1. The van der Waals surface area contributed by atoms with E-state index in [9.17, 15) is 9.90 Å². The Labute approximate surface area is 301 Å². The van der Waals surface area contributed by atoms with Crippen molar-refractivity contribution in [3.63, 3.8) is 0 Å². The summed E-state index contributed by atoms with van der Waals surface area (Å²) in [5, 5.41) is 12.6. The van der Waals surface area contributed by atoms with Crippen LogP contribution in [0.5, 0.6) is 5.75 Å². The highest BCUT2D eigenvalue weighted by Crippen LogP contribution is 2.44. The van der Waals surface area contributed by atoms with E-state index >= 15 is 0 Å².